The highest BCUT2D eigenvalue weighted by atomic mass is 16.6. The van der Waals surface area contributed by atoms with E-state index < -0.39 is 0 Å². The van der Waals surface area contributed by atoms with Crippen LogP contribution in [0.4, 0.5) is 0 Å². The van der Waals surface area contributed by atoms with Gasteiger partial charge in [0.2, 0.25) is 0 Å². The lowest BCUT2D eigenvalue weighted by Crippen LogP contribution is -2.09. The van der Waals surface area contributed by atoms with E-state index in [0.717, 1.165) is 24.1 Å². The maximum atomic E-state index is 5.52. The number of rotatable bonds is 3. The fourth-order valence-electron chi connectivity index (χ4n) is 2.59. The maximum absolute atomic E-state index is 5.52. The molecule has 0 N–H and O–H groups in total. The first kappa shape index (κ1) is 13.0. The van der Waals surface area contributed by atoms with Gasteiger partial charge >= 0.3 is 0 Å². The van der Waals surface area contributed by atoms with Gasteiger partial charge in [-0.05, 0) is 30.9 Å². The average Bonchev–Trinajstić information content (AvgIpc) is 2.83. The van der Waals surface area contributed by atoms with Gasteiger partial charge in [-0.2, -0.15) is 0 Å². The highest BCUT2D eigenvalue weighted by Gasteiger charge is 2.19. The Kier molecular flexibility index (Phi) is 3.59. The molecule has 3 rings (SSSR count). The molecule has 0 spiro atoms. The molecule has 20 heavy (non-hydrogen) atoms. The van der Waals surface area contributed by atoms with E-state index in [0.29, 0.717) is 6.61 Å². The molecule has 0 radical (unpaired) electrons. The van der Waals surface area contributed by atoms with Crippen LogP contribution in [-0.2, 0) is 17.9 Å². The number of aryl methyl sites for hydroxylation is 2. The second-order valence-electron chi connectivity index (χ2n) is 5.39. The number of fused-ring (bicyclic) bond motifs is 1. The Morgan fingerprint density at radius 2 is 1.95 bits per heavy atom. The number of hydrogen-bond donors (Lipinski definition) is 0. The molecule has 0 atom stereocenters. The standard InChI is InChI=1S/C17H18BNO/c1-12-9-15-14(10-16(12)18)7-8-17(15)19-20-11-13-5-3-2-4-6-13/h2-6,9-10H,7-8,11,18H2,1H3/b19-17+. The summed E-state index contributed by atoms with van der Waals surface area (Å²) in [5.74, 6) is 0. The van der Waals surface area contributed by atoms with Crippen molar-refractivity contribution in [3.63, 3.8) is 0 Å². The minimum absolute atomic E-state index is 0.532. The first-order valence-corrected chi connectivity index (χ1v) is 7.07. The third-order valence-electron chi connectivity index (χ3n) is 3.91. The fourth-order valence-corrected chi connectivity index (χ4v) is 2.59. The molecule has 100 valence electrons. The van der Waals surface area contributed by atoms with Crippen molar-refractivity contribution in [2.45, 2.75) is 26.4 Å². The van der Waals surface area contributed by atoms with E-state index in [2.05, 4.69) is 44.2 Å². The van der Waals surface area contributed by atoms with Crippen molar-refractivity contribution in [2.24, 2.45) is 5.16 Å². The number of nitrogens with zero attached hydrogens (tertiary/aromatic N) is 1. The van der Waals surface area contributed by atoms with Crippen molar-refractivity contribution >= 4 is 19.0 Å². The quantitative estimate of drug-likeness (QED) is 0.614. The van der Waals surface area contributed by atoms with E-state index in [1.165, 1.54) is 22.2 Å². The van der Waals surface area contributed by atoms with Crippen molar-refractivity contribution in [2.75, 3.05) is 0 Å². The van der Waals surface area contributed by atoms with Gasteiger partial charge in [0.1, 0.15) is 14.5 Å². The lowest BCUT2D eigenvalue weighted by Gasteiger charge is -2.06. The molecule has 2 nitrogen and oxygen atoms in total. The number of hydrogen-bond acceptors (Lipinski definition) is 2. The molecule has 0 amide bonds. The average molecular weight is 263 g/mol. The third-order valence-corrected chi connectivity index (χ3v) is 3.91. The van der Waals surface area contributed by atoms with Gasteiger partial charge in [-0.15, -0.1) is 0 Å². The van der Waals surface area contributed by atoms with Crippen molar-refractivity contribution < 1.29 is 4.84 Å². The summed E-state index contributed by atoms with van der Waals surface area (Å²) in [6.45, 7) is 2.68. The van der Waals surface area contributed by atoms with E-state index in [-0.39, 0.29) is 0 Å². The van der Waals surface area contributed by atoms with Crippen molar-refractivity contribution in [1.29, 1.82) is 0 Å². The Labute approximate surface area is 120 Å². The summed E-state index contributed by atoms with van der Waals surface area (Å²) in [6.07, 6.45) is 2.05. The minimum atomic E-state index is 0.532. The van der Waals surface area contributed by atoms with Gasteiger partial charge in [-0.3, -0.25) is 0 Å². The zero-order valence-electron chi connectivity index (χ0n) is 12.0. The van der Waals surface area contributed by atoms with Crippen LogP contribution >= 0.6 is 0 Å². The van der Waals surface area contributed by atoms with Crippen LogP contribution in [0.5, 0.6) is 0 Å². The summed E-state index contributed by atoms with van der Waals surface area (Å²) >= 11 is 0. The molecule has 2 aromatic carbocycles. The van der Waals surface area contributed by atoms with Crippen LogP contribution in [0, 0.1) is 6.92 Å². The summed E-state index contributed by atoms with van der Waals surface area (Å²) in [5, 5.41) is 4.35. The first-order chi connectivity index (χ1) is 9.74. The third kappa shape index (κ3) is 2.62. The van der Waals surface area contributed by atoms with Gasteiger partial charge in [0.15, 0.2) is 0 Å². The second kappa shape index (κ2) is 5.54. The molecule has 0 unspecified atom stereocenters. The van der Waals surface area contributed by atoms with Gasteiger partial charge in [0.25, 0.3) is 0 Å². The number of benzene rings is 2. The number of oxime groups is 1. The molecule has 0 heterocycles. The molecule has 0 fully saturated rings. The zero-order chi connectivity index (χ0) is 13.9. The van der Waals surface area contributed by atoms with E-state index in [4.69, 9.17) is 4.84 Å². The molecule has 0 aliphatic heterocycles. The maximum Gasteiger partial charge on any atom is 0.142 e. The predicted octanol–water partition coefficient (Wildman–Crippen LogP) is 2.12. The lowest BCUT2D eigenvalue weighted by atomic mass is 9.88. The summed E-state index contributed by atoms with van der Waals surface area (Å²) in [6, 6.07) is 14.7. The second-order valence-corrected chi connectivity index (χ2v) is 5.39. The van der Waals surface area contributed by atoms with Crippen molar-refractivity contribution in [3.8, 4) is 0 Å². The van der Waals surface area contributed by atoms with Gasteiger partial charge in [-0.1, -0.05) is 58.6 Å². The molecule has 1 aliphatic carbocycles. The Morgan fingerprint density at radius 1 is 1.15 bits per heavy atom. The van der Waals surface area contributed by atoms with E-state index in [1.54, 1.807) is 0 Å². The Hall–Kier alpha value is -2.03. The Balaban J connectivity index is 1.74. The summed E-state index contributed by atoms with van der Waals surface area (Å²) in [5.41, 5.74) is 7.57. The molecule has 1 aliphatic rings. The van der Waals surface area contributed by atoms with Crippen LogP contribution in [0.15, 0.2) is 47.6 Å². The molecule has 0 saturated carbocycles. The van der Waals surface area contributed by atoms with Gasteiger partial charge in [-0.25, -0.2) is 0 Å². The molecular weight excluding hydrogens is 245 g/mol. The largest absolute Gasteiger partial charge is 0.391 e. The Morgan fingerprint density at radius 3 is 2.75 bits per heavy atom. The zero-order valence-corrected chi connectivity index (χ0v) is 12.0. The lowest BCUT2D eigenvalue weighted by molar-refractivity contribution is 0.130. The van der Waals surface area contributed by atoms with E-state index in [9.17, 15) is 0 Å². The molecule has 0 saturated heterocycles. The van der Waals surface area contributed by atoms with E-state index in [1.807, 2.05) is 18.2 Å². The van der Waals surface area contributed by atoms with Gasteiger partial charge in [0.05, 0.1) is 5.71 Å². The van der Waals surface area contributed by atoms with Crippen molar-refractivity contribution in [3.05, 3.63) is 64.7 Å². The summed E-state index contributed by atoms with van der Waals surface area (Å²) < 4.78 is 0. The predicted molar refractivity (Wildman–Crippen MR) is 85.4 cm³/mol. The van der Waals surface area contributed by atoms with E-state index >= 15 is 0 Å². The normalized spacial score (nSPS) is 15.3. The molecular formula is C17H18BNO. The summed E-state index contributed by atoms with van der Waals surface area (Å²) in [7, 11) is 2.16. The molecule has 0 bridgehead atoms. The van der Waals surface area contributed by atoms with Crippen LogP contribution < -0.4 is 5.46 Å². The monoisotopic (exact) mass is 263 g/mol. The van der Waals surface area contributed by atoms with Crippen LogP contribution in [0.25, 0.3) is 0 Å². The van der Waals surface area contributed by atoms with Crippen LogP contribution in [0.1, 0.15) is 28.7 Å². The Bertz CT molecular complexity index is 650. The topological polar surface area (TPSA) is 21.6 Å². The molecule has 0 aromatic heterocycles. The van der Waals surface area contributed by atoms with Crippen molar-refractivity contribution in [1.82, 2.24) is 0 Å². The first-order valence-electron chi connectivity index (χ1n) is 7.07. The highest BCUT2D eigenvalue weighted by Crippen LogP contribution is 2.23. The van der Waals surface area contributed by atoms with Crippen LogP contribution in [-0.4, -0.2) is 13.6 Å². The van der Waals surface area contributed by atoms with Crippen LogP contribution in [0.3, 0.4) is 0 Å². The highest BCUT2D eigenvalue weighted by molar-refractivity contribution is 6.33. The molecule has 2 aromatic rings. The van der Waals surface area contributed by atoms with Gasteiger partial charge < -0.3 is 4.84 Å². The smallest absolute Gasteiger partial charge is 0.142 e. The SMILES string of the molecule is Bc1cc2c(cc1C)/C(=N/OCc1ccccc1)CC2. The van der Waals surface area contributed by atoms with Gasteiger partial charge in [0, 0.05) is 5.56 Å². The van der Waals surface area contributed by atoms with Crippen LogP contribution in [0.2, 0.25) is 0 Å². The minimum Gasteiger partial charge on any atom is -0.391 e. The molecule has 3 heteroatoms. The fraction of sp³-hybridized carbons (Fsp3) is 0.235. The summed E-state index contributed by atoms with van der Waals surface area (Å²) in [4.78, 5) is 5.52.